The van der Waals surface area contributed by atoms with E-state index in [0.29, 0.717) is 30.0 Å². The van der Waals surface area contributed by atoms with Gasteiger partial charge in [0.25, 0.3) is 5.91 Å². The summed E-state index contributed by atoms with van der Waals surface area (Å²) in [4.78, 5) is 12.5. The van der Waals surface area contributed by atoms with E-state index in [-0.39, 0.29) is 29.9 Å². The van der Waals surface area contributed by atoms with E-state index >= 15 is 0 Å². The van der Waals surface area contributed by atoms with Gasteiger partial charge < -0.3 is 19.9 Å². The van der Waals surface area contributed by atoms with Crippen LogP contribution in [0, 0.1) is 5.41 Å². The van der Waals surface area contributed by atoms with Crippen molar-refractivity contribution in [1.29, 1.82) is 5.41 Å². The van der Waals surface area contributed by atoms with E-state index in [1.54, 1.807) is 25.3 Å². The second-order valence-electron chi connectivity index (χ2n) is 8.35. The van der Waals surface area contributed by atoms with Crippen LogP contribution in [0.3, 0.4) is 0 Å². The third-order valence-electron chi connectivity index (χ3n) is 6.17. The van der Waals surface area contributed by atoms with Crippen molar-refractivity contribution >= 4 is 11.7 Å². The van der Waals surface area contributed by atoms with Gasteiger partial charge in [-0.3, -0.25) is 15.2 Å². The van der Waals surface area contributed by atoms with Gasteiger partial charge in [0.1, 0.15) is 11.6 Å². The van der Waals surface area contributed by atoms with E-state index in [1.165, 1.54) is 0 Å². The lowest BCUT2D eigenvalue weighted by Gasteiger charge is -2.35. The average molecular weight is 451 g/mol. The predicted molar refractivity (Wildman–Crippen MR) is 125 cm³/mol. The van der Waals surface area contributed by atoms with Crippen LogP contribution in [-0.4, -0.2) is 47.7 Å². The Labute approximate surface area is 193 Å². The normalized spacial score (nSPS) is 24.2. The van der Waals surface area contributed by atoms with Crippen LogP contribution >= 0.6 is 0 Å². The molecule has 4 N–H and O–H groups in total. The van der Waals surface area contributed by atoms with Crippen molar-refractivity contribution in [1.82, 2.24) is 15.8 Å². The summed E-state index contributed by atoms with van der Waals surface area (Å²) in [6.45, 7) is 3.08. The fourth-order valence-electron chi connectivity index (χ4n) is 4.37. The first-order chi connectivity index (χ1) is 16.0. The second-order valence-corrected chi connectivity index (χ2v) is 8.35. The Morgan fingerprint density at radius 1 is 1.30 bits per heavy atom. The number of hydrogen-bond donors (Lipinski definition) is 4. The quantitative estimate of drug-likeness (QED) is 0.502. The van der Waals surface area contributed by atoms with E-state index in [2.05, 4.69) is 10.7 Å². The number of ether oxygens (including phenoxy) is 2. The molecule has 8 nitrogen and oxygen atoms in total. The summed E-state index contributed by atoms with van der Waals surface area (Å²) in [7, 11) is 1.54. The molecular weight excluding hydrogens is 420 g/mol. The summed E-state index contributed by atoms with van der Waals surface area (Å²) < 4.78 is 10.9. The molecule has 0 radical (unpaired) electrons. The van der Waals surface area contributed by atoms with E-state index in [1.807, 2.05) is 42.3 Å². The van der Waals surface area contributed by atoms with Crippen LogP contribution in [0.2, 0.25) is 0 Å². The summed E-state index contributed by atoms with van der Waals surface area (Å²) in [5.74, 6) is 0.621. The number of amides is 1. The minimum absolute atomic E-state index is 0.143. The number of amidine groups is 1. The number of hydrogen-bond acceptors (Lipinski definition) is 6. The highest BCUT2D eigenvalue weighted by molar-refractivity contribution is 5.99. The highest BCUT2D eigenvalue weighted by Gasteiger charge is 2.38. The number of aliphatic hydroxyl groups excluding tert-OH is 1. The van der Waals surface area contributed by atoms with Crippen LogP contribution in [0.5, 0.6) is 5.75 Å². The van der Waals surface area contributed by atoms with Crippen molar-refractivity contribution in [2.45, 2.75) is 44.5 Å². The average Bonchev–Trinajstić information content (AvgIpc) is 3.18. The van der Waals surface area contributed by atoms with Crippen molar-refractivity contribution in [2.75, 3.05) is 13.7 Å². The number of nitrogens with zero attached hydrogens (tertiary/aromatic N) is 1. The highest BCUT2D eigenvalue weighted by atomic mass is 16.5. The molecule has 2 aromatic rings. The second kappa shape index (κ2) is 10.1. The molecule has 2 saturated heterocycles. The Hall–Kier alpha value is -3.36. The molecule has 33 heavy (non-hydrogen) atoms. The fraction of sp³-hybridized carbons (Fsp3) is 0.360. The van der Waals surface area contributed by atoms with Gasteiger partial charge in [0.2, 0.25) is 0 Å². The van der Waals surface area contributed by atoms with Crippen molar-refractivity contribution in [3.63, 3.8) is 0 Å². The first-order valence-electron chi connectivity index (χ1n) is 11.1. The lowest BCUT2D eigenvalue weighted by molar-refractivity contribution is -0.0106. The summed E-state index contributed by atoms with van der Waals surface area (Å²) >= 11 is 0. The molecule has 174 valence electrons. The molecule has 2 fully saturated rings. The number of hydrazine groups is 1. The molecule has 1 amide bonds. The topological polar surface area (TPSA) is 107 Å². The van der Waals surface area contributed by atoms with Crippen molar-refractivity contribution in [3.05, 3.63) is 77.1 Å². The summed E-state index contributed by atoms with van der Waals surface area (Å²) in [5.41, 5.74) is 6.30. The van der Waals surface area contributed by atoms with E-state index in [4.69, 9.17) is 14.9 Å². The van der Waals surface area contributed by atoms with Crippen LogP contribution in [0.1, 0.15) is 47.3 Å². The van der Waals surface area contributed by atoms with Crippen molar-refractivity contribution in [2.24, 2.45) is 0 Å². The summed E-state index contributed by atoms with van der Waals surface area (Å²) in [5, 5.41) is 23.2. The van der Waals surface area contributed by atoms with Gasteiger partial charge >= 0.3 is 0 Å². The Bertz CT molecular complexity index is 1040. The molecule has 8 heteroatoms. The molecular formula is C25H30N4O4. The predicted octanol–water partition coefficient (Wildman–Crippen LogP) is 3.47. The van der Waals surface area contributed by atoms with E-state index in [9.17, 15) is 9.90 Å². The van der Waals surface area contributed by atoms with E-state index in [0.717, 1.165) is 30.2 Å². The monoisotopic (exact) mass is 450 g/mol. The van der Waals surface area contributed by atoms with Crippen LogP contribution in [0.4, 0.5) is 0 Å². The number of rotatable bonds is 6. The standard InChI is InChI=1S/C25H30N4O4/c1-16-13-19(11-12-33-16)29-24(26)21(15-30)23(28-29)18-9-7-17(8-10-18)14-27-25(31)20-5-3-4-6-22(20)32-2/h3-10,15-16,19,23,26,28,30H,11-14H2,1-2H3,(H,27,31). The molecule has 2 aliphatic rings. The Kier molecular flexibility index (Phi) is 6.96. The number of nitrogens with one attached hydrogen (secondary N) is 3. The number of aliphatic hydroxyl groups is 1. The maximum atomic E-state index is 12.5. The zero-order chi connectivity index (χ0) is 23.4. The molecule has 0 spiro atoms. The van der Waals surface area contributed by atoms with Gasteiger partial charge in [-0.2, -0.15) is 0 Å². The largest absolute Gasteiger partial charge is 0.515 e. The number of carbonyl (C=O) groups is 1. The minimum Gasteiger partial charge on any atom is -0.515 e. The Balaban J connectivity index is 1.42. The first kappa shape index (κ1) is 22.8. The van der Waals surface area contributed by atoms with Crippen LogP contribution in [0.25, 0.3) is 0 Å². The lowest BCUT2D eigenvalue weighted by Crippen LogP contribution is -2.47. The van der Waals surface area contributed by atoms with E-state index < -0.39 is 0 Å². The van der Waals surface area contributed by atoms with Crippen LogP contribution < -0.4 is 15.5 Å². The van der Waals surface area contributed by atoms with Gasteiger partial charge in [-0.25, -0.2) is 5.43 Å². The smallest absolute Gasteiger partial charge is 0.255 e. The van der Waals surface area contributed by atoms with Crippen molar-refractivity contribution < 1.29 is 19.4 Å². The Morgan fingerprint density at radius 2 is 2.06 bits per heavy atom. The maximum absolute atomic E-state index is 12.5. The van der Waals surface area contributed by atoms with Crippen LogP contribution in [0.15, 0.2) is 60.4 Å². The SMILES string of the molecule is COc1ccccc1C(=O)NCc1ccc(C2NN(C3CCOC(C)C3)C(=N)C2=CO)cc1. The number of methoxy groups -OCH3 is 1. The minimum atomic E-state index is -0.308. The van der Waals surface area contributed by atoms with Gasteiger partial charge in [-0.1, -0.05) is 36.4 Å². The molecule has 3 unspecified atom stereocenters. The molecule has 0 bridgehead atoms. The molecule has 4 rings (SSSR count). The summed E-state index contributed by atoms with van der Waals surface area (Å²) in [6, 6.07) is 14.7. The molecule has 0 aliphatic carbocycles. The fourth-order valence-corrected chi connectivity index (χ4v) is 4.37. The van der Waals surface area contributed by atoms with Gasteiger partial charge in [-0.15, -0.1) is 0 Å². The molecule has 2 aromatic carbocycles. The third-order valence-corrected chi connectivity index (χ3v) is 6.17. The lowest BCUT2D eigenvalue weighted by atomic mass is 9.99. The molecule has 3 atom stereocenters. The number of benzene rings is 2. The zero-order valence-electron chi connectivity index (χ0n) is 18.9. The first-order valence-corrected chi connectivity index (χ1v) is 11.1. The third kappa shape index (κ3) is 4.86. The van der Waals surface area contributed by atoms with Gasteiger partial charge in [0.15, 0.2) is 0 Å². The maximum Gasteiger partial charge on any atom is 0.255 e. The van der Waals surface area contributed by atoms with Crippen molar-refractivity contribution in [3.8, 4) is 5.75 Å². The zero-order valence-corrected chi connectivity index (χ0v) is 18.9. The summed E-state index contributed by atoms with van der Waals surface area (Å²) in [6.07, 6.45) is 2.82. The highest BCUT2D eigenvalue weighted by Crippen LogP contribution is 2.33. The van der Waals surface area contributed by atoms with Gasteiger partial charge in [0.05, 0.1) is 42.7 Å². The molecule has 2 aliphatic heterocycles. The van der Waals surface area contributed by atoms with Crippen LogP contribution in [-0.2, 0) is 11.3 Å². The molecule has 0 saturated carbocycles. The molecule has 0 aromatic heterocycles. The Morgan fingerprint density at radius 3 is 2.76 bits per heavy atom. The number of para-hydroxylation sites is 1. The molecule has 2 heterocycles. The van der Waals surface area contributed by atoms with Gasteiger partial charge in [-0.05, 0) is 43.0 Å². The number of carbonyl (C=O) groups excluding carboxylic acids is 1. The van der Waals surface area contributed by atoms with Gasteiger partial charge in [0, 0.05) is 13.2 Å².